The third-order valence-corrected chi connectivity index (χ3v) is 4.93. The number of rotatable bonds is 6. The molecule has 2 N–H and O–H groups in total. The van der Waals surface area contributed by atoms with Gasteiger partial charge in [0.2, 0.25) is 0 Å². The van der Waals surface area contributed by atoms with E-state index < -0.39 is 12.0 Å². The average Bonchev–Trinajstić information content (AvgIpc) is 3.39. The molecule has 0 bridgehead atoms. The first kappa shape index (κ1) is 17.9. The standard InChI is InChI=1S/C21H20N4O3/c1-13-7-8-15(11-17(13)20(26)22-16-5-3-2-4-6-16)18-12-25(24-23-18)19(21(27)28)14-9-10-14/h2-8,11-12,14,19H,9-10H2,1H3,(H,22,26)(H,27,28). The maximum atomic E-state index is 12.7. The summed E-state index contributed by atoms with van der Waals surface area (Å²) in [7, 11) is 0. The van der Waals surface area contributed by atoms with Crippen molar-refractivity contribution in [1.82, 2.24) is 15.0 Å². The van der Waals surface area contributed by atoms with Gasteiger partial charge < -0.3 is 10.4 Å². The molecule has 1 unspecified atom stereocenters. The molecule has 1 aromatic heterocycles. The van der Waals surface area contributed by atoms with Gasteiger partial charge in [0.25, 0.3) is 5.91 Å². The molecule has 4 rings (SSSR count). The molecular weight excluding hydrogens is 356 g/mol. The van der Waals surface area contributed by atoms with Crippen molar-refractivity contribution in [2.45, 2.75) is 25.8 Å². The number of nitrogens with zero attached hydrogens (tertiary/aromatic N) is 3. The van der Waals surface area contributed by atoms with Crippen LogP contribution < -0.4 is 5.32 Å². The number of amides is 1. The fourth-order valence-corrected chi connectivity index (χ4v) is 3.23. The monoisotopic (exact) mass is 376 g/mol. The van der Waals surface area contributed by atoms with Crippen molar-refractivity contribution >= 4 is 17.6 Å². The normalized spacial score (nSPS) is 14.5. The minimum absolute atomic E-state index is 0.109. The van der Waals surface area contributed by atoms with E-state index in [4.69, 9.17) is 0 Å². The highest BCUT2D eigenvalue weighted by Gasteiger charge is 2.38. The Morgan fingerprint density at radius 3 is 2.61 bits per heavy atom. The molecule has 1 atom stereocenters. The van der Waals surface area contributed by atoms with Crippen molar-refractivity contribution in [3.63, 3.8) is 0 Å². The summed E-state index contributed by atoms with van der Waals surface area (Å²) >= 11 is 0. The van der Waals surface area contributed by atoms with Crippen LogP contribution in [0.1, 0.15) is 34.8 Å². The van der Waals surface area contributed by atoms with Crippen LogP contribution in [-0.2, 0) is 4.79 Å². The summed E-state index contributed by atoms with van der Waals surface area (Å²) in [5, 5.41) is 20.5. The van der Waals surface area contributed by atoms with Gasteiger partial charge in [-0.25, -0.2) is 9.48 Å². The first-order chi connectivity index (χ1) is 13.5. The zero-order chi connectivity index (χ0) is 19.7. The van der Waals surface area contributed by atoms with E-state index in [9.17, 15) is 14.7 Å². The molecule has 142 valence electrons. The molecule has 0 radical (unpaired) electrons. The van der Waals surface area contributed by atoms with Crippen LogP contribution in [0.3, 0.4) is 0 Å². The molecule has 1 amide bonds. The van der Waals surface area contributed by atoms with Gasteiger partial charge in [-0.15, -0.1) is 5.10 Å². The Bertz CT molecular complexity index is 1030. The molecule has 28 heavy (non-hydrogen) atoms. The van der Waals surface area contributed by atoms with Crippen LogP contribution in [0.2, 0.25) is 0 Å². The summed E-state index contributed by atoms with van der Waals surface area (Å²) in [6, 6.07) is 14.0. The van der Waals surface area contributed by atoms with E-state index >= 15 is 0 Å². The van der Waals surface area contributed by atoms with Gasteiger partial charge in [0.15, 0.2) is 6.04 Å². The molecule has 1 fully saturated rings. The zero-order valence-electron chi connectivity index (χ0n) is 15.4. The Morgan fingerprint density at radius 2 is 1.93 bits per heavy atom. The van der Waals surface area contributed by atoms with E-state index in [0.717, 1.165) is 29.7 Å². The first-order valence-electron chi connectivity index (χ1n) is 9.15. The fourth-order valence-electron chi connectivity index (χ4n) is 3.23. The predicted molar refractivity (Wildman–Crippen MR) is 104 cm³/mol. The summed E-state index contributed by atoms with van der Waals surface area (Å²) in [6.07, 6.45) is 3.42. The number of carboxylic acid groups (broad SMARTS) is 1. The number of benzene rings is 2. The van der Waals surface area contributed by atoms with E-state index in [2.05, 4.69) is 15.6 Å². The number of aliphatic carboxylic acids is 1. The summed E-state index contributed by atoms with van der Waals surface area (Å²) in [6.45, 7) is 1.87. The van der Waals surface area contributed by atoms with Crippen molar-refractivity contribution in [2.24, 2.45) is 5.92 Å². The number of anilines is 1. The smallest absolute Gasteiger partial charge is 0.328 e. The molecular formula is C21H20N4O3. The predicted octanol–water partition coefficient (Wildman–Crippen LogP) is 3.54. The largest absolute Gasteiger partial charge is 0.480 e. The Kier molecular flexibility index (Phi) is 4.65. The Morgan fingerprint density at radius 1 is 1.18 bits per heavy atom. The number of para-hydroxylation sites is 1. The Balaban J connectivity index is 1.60. The second kappa shape index (κ2) is 7.26. The van der Waals surface area contributed by atoms with E-state index in [1.54, 1.807) is 12.3 Å². The summed E-state index contributed by atoms with van der Waals surface area (Å²) in [5.41, 5.74) is 3.35. The van der Waals surface area contributed by atoms with Crippen LogP contribution in [0.4, 0.5) is 5.69 Å². The number of hydrogen-bond acceptors (Lipinski definition) is 4. The maximum Gasteiger partial charge on any atom is 0.328 e. The highest BCUT2D eigenvalue weighted by molar-refractivity contribution is 6.05. The van der Waals surface area contributed by atoms with Crippen molar-refractivity contribution < 1.29 is 14.7 Å². The van der Waals surface area contributed by atoms with Crippen LogP contribution in [0, 0.1) is 12.8 Å². The number of carbonyl (C=O) groups excluding carboxylic acids is 1. The van der Waals surface area contributed by atoms with E-state index in [-0.39, 0.29) is 11.8 Å². The second-order valence-electron chi connectivity index (χ2n) is 7.05. The van der Waals surface area contributed by atoms with Gasteiger partial charge >= 0.3 is 5.97 Å². The Labute approximate surface area is 162 Å². The lowest BCUT2D eigenvalue weighted by Gasteiger charge is -2.10. The number of aromatic nitrogens is 3. The number of aryl methyl sites for hydroxylation is 1. The number of hydrogen-bond donors (Lipinski definition) is 2. The van der Waals surface area contributed by atoms with Gasteiger partial charge in [-0.2, -0.15) is 0 Å². The Hall–Kier alpha value is -3.48. The third-order valence-electron chi connectivity index (χ3n) is 4.93. The SMILES string of the molecule is Cc1ccc(-c2cn(C(C(=O)O)C3CC3)nn2)cc1C(=O)Nc1ccccc1. The quantitative estimate of drug-likeness (QED) is 0.686. The lowest BCUT2D eigenvalue weighted by Crippen LogP contribution is -2.21. The molecule has 1 heterocycles. The molecule has 0 aliphatic heterocycles. The highest BCUT2D eigenvalue weighted by Crippen LogP contribution is 2.39. The van der Waals surface area contributed by atoms with Crippen LogP contribution >= 0.6 is 0 Å². The molecule has 2 aromatic carbocycles. The topological polar surface area (TPSA) is 97.1 Å². The van der Waals surface area contributed by atoms with Gasteiger partial charge in [0.1, 0.15) is 5.69 Å². The van der Waals surface area contributed by atoms with Gasteiger partial charge in [-0.3, -0.25) is 4.79 Å². The number of carbonyl (C=O) groups is 2. The highest BCUT2D eigenvalue weighted by atomic mass is 16.4. The van der Waals surface area contributed by atoms with Crippen molar-refractivity contribution in [2.75, 3.05) is 5.32 Å². The third kappa shape index (κ3) is 3.64. The second-order valence-corrected chi connectivity index (χ2v) is 7.05. The van der Waals surface area contributed by atoms with Crippen LogP contribution in [0.15, 0.2) is 54.7 Å². The lowest BCUT2D eigenvalue weighted by atomic mass is 10.0. The molecule has 0 saturated heterocycles. The molecule has 7 nitrogen and oxygen atoms in total. The van der Waals surface area contributed by atoms with Crippen molar-refractivity contribution in [3.8, 4) is 11.3 Å². The van der Waals surface area contributed by atoms with Gasteiger partial charge in [0, 0.05) is 16.8 Å². The number of carboxylic acids is 1. The molecule has 1 aliphatic carbocycles. The lowest BCUT2D eigenvalue weighted by molar-refractivity contribution is -0.142. The van der Waals surface area contributed by atoms with Gasteiger partial charge in [-0.05, 0) is 49.4 Å². The number of nitrogens with one attached hydrogen (secondary N) is 1. The minimum atomic E-state index is -0.897. The fraction of sp³-hybridized carbons (Fsp3) is 0.238. The molecule has 7 heteroatoms. The van der Waals surface area contributed by atoms with E-state index in [1.165, 1.54) is 4.68 Å². The summed E-state index contributed by atoms with van der Waals surface area (Å²) < 4.78 is 1.42. The van der Waals surface area contributed by atoms with E-state index in [1.807, 2.05) is 49.4 Å². The first-order valence-corrected chi connectivity index (χ1v) is 9.15. The zero-order valence-corrected chi connectivity index (χ0v) is 15.4. The van der Waals surface area contributed by atoms with Crippen molar-refractivity contribution in [1.29, 1.82) is 0 Å². The minimum Gasteiger partial charge on any atom is -0.480 e. The maximum absolute atomic E-state index is 12.7. The molecule has 0 spiro atoms. The molecule has 3 aromatic rings. The van der Waals surface area contributed by atoms with Gasteiger partial charge in [-0.1, -0.05) is 35.5 Å². The van der Waals surface area contributed by atoms with Crippen LogP contribution in [0.25, 0.3) is 11.3 Å². The van der Waals surface area contributed by atoms with Crippen LogP contribution in [0.5, 0.6) is 0 Å². The van der Waals surface area contributed by atoms with E-state index in [0.29, 0.717) is 11.3 Å². The average molecular weight is 376 g/mol. The van der Waals surface area contributed by atoms with Crippen molar-refractivity contribution in [3.05, 3.63) is 65.9 Å². The molecule has 1 aliphatic rings. The summed E-state index contributed by atoms with van der Waals surface area (Å²) in [5.74, 6) is -0.998. The molecule has 1 saturated carbocycles. The summed E-state index contributed by atoms with van der Waals surface area (Å²) in [4.78, 5) is 24.2. The van der Waals surface area contributed by atoms with Crippen LogP contribution in [-0.4, -0.2) is 32.0 Å². The van der Waals surface area contributed by atoms with Gasteiger partial charge in [0.05, 0.1) is 6.20 Å².